The van der Waals surface area contributed by atoms with Crippen LogP contribution in [0.4, 0.5) is 0 Å². The number of hydrogen-bond donors (Lipinski definition) is 0. The fourth-order valence-electron chi connectivity index (χ4n) is 2.77. The molecule has 0 aliphatic rings. The number of fused-ring (bicyclic) bond motifs is 5. The summed E-state index contributed by atoms with van der Waals surface area (Å²) in [6.45, 7) is 16.2. The van der Waals surface area contributed by atoms with Crippen molar-refractivity contribution in [3.05, 3.63) is 72.8 Å². The minimum atomic E-state index is 0. The van der Waals surface area contributed by atoms with E-state index in [1.54, 1.807) is 0 Å². The number of benzene rings is 4. The van der Waals surface area contributed by atoms with Crippen molar-refractivity contribution in [3.63, 3.8) is 0 Å². The molecule has 0 heterocycles. The van der Waals surface area contributed by atoms with Crippen LogP contribution in [0.25, 0.3) is 32.3 Å². The second kappa shape index (κ2) is 32.8. The van der Waals surface area contributed by atoms with Gasteiger partial charge in [0.05, 0.1) is 0 Å². The fourth-order valence-corrected chi connectivity index (χ4v) is 2.77. The molecule has 0 nitrogen and oxygen atoms in total. The minimum Gasteiger partial charge on any atom is -0.0776 e. The molecule has 0 saturated carbocycles. The molecule has 0 unspecified atom stereocenters. The Kier molecular flexibility index (Phi) is 51.3. The first-order valence-corrected chi connectivity index (χ1v) is 10.6. The standard InChI is InChI=1S/C18H12.C3H8.3C2H6.7CH4/c1-3-7-15-13(5-1)9-11-18-16-8-4-2-6-14(16)10-12-17(15)18;1-3-2;3*1-2;;;;;;;/h1-12H;3H2,1-2H3;3*1-2H3;7*1H4. The molecule has 34 heavy (non-hydrogen) atoms. The van der Waals surface area contributed by atoms with Crippen molar-refractivity contribution < 1.29 is 0 Å². The second-order valence-electron chi connectivity index (χ2n) is 5.38. The summed E-state index contributed by atoms with van der Waals surface area (Å²) in [6.07, 6.45) is 1.25. The molecule has 0 bridgehead atoms. The van der Waals surface area contributed by atoms with E-state index in [1.165, 1.54) is 38.7 Å². The molecule has 4 rings (SSSR count). The van der Waals surface area contributed by atoms with Crippen LogP contribution in [-0.4, -0.2) is 0 Å². The summed E-state index contributed by atoms with van der Waals surface area (Å²) in [6, 6.07) is 26.0. The molecular formula is C34H66. The molecule has 0 aliphatic heterocycles. The molecular weight excluding hydrogens is 408 g/mol. The lowest BCUT2D eigenvalue weighted by Crippen LogP contribution is -1.79. The van der Waals surface area contributed by atoms with Crippen LogP contribution >= 0.6 is 0 Å². The van der Waals surface area contributed by atoms with Gasteiger partial charge in [-0.3, -0.25) is 0 Å². The zero-order chi connectivity index (χ0) is 20.7. The highest BCUT2D eigenvalue weighted by molar-refractivity contribution is 6.17. The van der Waals surface area contributed by atoms with Crippen molar-refractivity contribution in [1.82, 2.24) is 0 Å². The minimum absolute atomic E-state index is 0. The van der Waals surface area contributed by atoms with E-state index < -0.39 is 0 Å². The van der Waals surface area contributed by atoms with Crippen LogP contribution in [-0.2, 0) is 0 Å². The van der Waals surface area contributed by atoms with E-state index in [4.69, 9.17) is 0 Å². The summed E-state index contributed by atoms with van der Waals surface area (Å²) in [7, 11) is 0. The van der Waals surface area contributed by atoms with Crippen LogP contribution in [0.5, 0.6) is 0 Å². The largest absolute Gasteiger partial charge is 0.0776 e. The molecule has 0 atom stereocenters. The number of rotatable bonds is 0. The Morgan fingerprint density at radius 3 is 0.853 bits per heavy atom. The van der Waals surface area contributed by atoms with Gasteiger partial charge in [0.25, 0.3) is 0 Å². The Morgan fingerprint density at radius 2 is 0.588 bits per heavy atom. The summed E-state index contributed by atoms with van der Waals surface area (Å²) in [5.74, 6) is 0. The average molecular weight is 475 g/mol. The summed E-state index contributed by atoms with van der Waals surface area (Å²) in [4.78, 5) is 0. The van der Waals surface area contributed by atoms with E-state index in [0.717, 1.165) is 0 Å². The zero-order valence-electron chi connectivity index (χ0n) is 18.6. The summed E-state index contributed by atoms with van der Waals surface area (Å²) in [5.41, 5.74) is 0. The summed E-state index contributed by atoms with van der Waals surface area (Å²) >= 11 is 0. The van der Waals surface area contributed by atoms with E-state index in [-0.39, 0.29) is 52.0 Å². The third-order valence-electron chi connectivity index (χ3n) is 3.65. The first-order chi connectivity index (χ1) is 13.3. The van der Waals surface area contributed by atoms with Crippen LogP contribution in [0.15, 0.2) is 72.8 Å². The maximum Gasteiger partial charge on any atom is -0.00990 e. The van der Waals surface area contributed by atoms with Crippen molar-refractivity contribution in [2.24, 2.45) is 0 Å². The van der Waals surface area contributed by atoms with Gasteiger partial charge in [-0.1, -0.05) is 187 Å². The van der Waals surface area contributed by atoms with Gasteiger partial charge in [0, 0.05) is 0 Å². The Morgan fingerprint density at radius 1 is 0.353 bits per heavy atom. The third kappa shape index (κ3) is 14.0. The van der Waals surface area contributed by atoms with Gasteiger partial charge >= 0.3 is 0 Å². The highest BCUT2D eigenvalue weighted by Gasteiger charge is 2.03. The zero-order valence-corrected chi connectivity index (χ0v) is 18.6. The van der Waals surface area contributed by atoms with Gasteiger partial charge in [-0.2, -0.15) is 0 Å². The normalized spacial score (nSPS) is 7.06. The highest BCUT2D eigenvalue weighted by Crippen LogP contribution is 2.30. The van der Waals surface area contributed by atoms with Crippen molar-refractivity contribution in [2.45, 2.75) is 114 Å². The number of hydrogen-bond acceptors (Lipinski definition) is 0. The van der Waals surface area contributed by atoms with E-state index in [9.17, 15) is 0 Å². The maximum atomic E-state index is 2.24. The van der Waals surface area contributed by atoms with Gasteiger partial charge in [-0.05, 0) is 32.3 Å². The Balaban J connectivity index is -0.0000000637. The average Bonchev–Trinajstić information content (AvgIpc) is 2.78. The fraction of sp³-hybridized carbons (Fsp3) is 0.471. The molecule has 0 heteroatoms. The van der Waals surface area contributed by atoms with Crippen molar-refractivity contribution in [3.8, 4) is 0 Å². The summed E-state index contributed by atoms with van der Waals surface area (Å²) < 4.78 is 0. The molecule has 0 aliphatic carbocycles. The van der Waals surface area contributed by atoms with Gasteiger partial charge in [-0.25, -0.2) is 0 Å². The maximum absolute atomic E-state index is 2.24. The molecule has 0 saturated heterocycles. The molecule has 0 N–H and O–H groups in total. The SMILES string of the molecule is C.C.C.C.C.C.C.CC.CC.CC.CCC.c1ccc2c(c1)ccc1c3ccccc3ccc21. The van der Waals surface area contributed by atoms with E-state index in [0.29, 0.717) is 0 Å². The lowest BCUT2D eigenvalue weighted by atomic mass is 9.97. The quantitative estimate of drug-likeness (QED) is 0.222. The monoisotopic (exact) mass is 475 g/mol. The van der Waals surface area contributed by atoms with Crippen LogP contribution < -0.4 is 0 Å². The van der Waals surface area contributed by atoms with Gasteiger partial charge in [-0.15, -0.1) is 0 Å². The highest BCUT2D eigenvalue weighted by atomic mass is 14.1. The van der Waals surface area contributed by atoms with E-state index in [2.05, 4.69) is 86.6 Å². The van der Waals surface area contributed by atoms with E-state index in [1.807, 2.05) is 41.5 Å². The molecule has 0 amide bonds. The van der Waals surface area contributed by atoms with Gasteiger partial charge in [0.1, 0.15) is 0 Å². The topological polar surface area (TPSA) is 0 Å². The van der Waals surface area contributed by atoms with Crippen molar-refractivity contribution >= 4 is 32.3 Å². The van der Waals surface area contributed by atoms with Crippen LogP contribution in [0.3, 0.4) is 0 Å². The molecule has 0 radical (unpaired) electrons. The van der Waals surface area contributed by atoms with Gasteiger partial charge < -0.3 is 0 Å². The predicted molar refractivity (Wildman–Crippen MR) is 176 cm³/mol. The molecule has 0 spiro atoms. The molecule has 0 aromatic heterocycles. The van der Waals surface area contributed by atoms with Gasteiger partial charge in [0.15, 0.2) is 0 Å². The van der Waals surface area contributed by atoms with E-state index >= 15 is 0 Å². The van der Waals surface area contributed by atoms with Crippen molar-refractivity contribution in [2.75, 3.05) is 0 Å². The lowest BCUT2D eigenvalue weighted by Gasteiger charge is -2.07. The molecule has 0 fully saturated rings. The van der Waals surface area contributed by atoms with Crippen LogP contribution in [0.1, 0.15) is 114 Å². The summed E-state index contributed by atoms with van der Waals surface area (Å²) in [5, 5.41) is 7.96. The Bertz CT molecular complexity index is 813. The predicted octanol–water partition coefficient (Wildman–Crippen LogP) is 14.1. The van der Waals surface area contributed by atoms with Crippen molar-refractivity contribution in [1.29, 1.82) is 0 Å². The first kappa shape index (κ1) is 53.2. The smallest absolute Gasteiger partial charge is 0.00990 e. The molecule has 4 aromatic rings. The Hall–Kier alpha value is -2.34. The molecule has 4 aromatic carbocycles. The Labute approximate surface area is 218 Å². The van der Waals surface area contributed by atoms with Gasteiger partial charge in [0.2, 0.25) is 0 Å². The van der Waals surface area contributed by atoms with Crippen LogP contribution in [0.2, 0.25) is 0 Å². The second-order valence-corrected chi connectivity index (χ2v) is 5.38. The lowest BCUT2D eigenvalue weighted by molar-refractivity contribution is 1.09. The van der Waals surface area contributed by atoms with Crippen LogP contribution in [0, 0.1) is 0 Å². The molecule has 202 valence electrons. The third-order valence-corrected chi connectivity index (χ3v) is 3.65. The first-order valence-electron chi connectivity index (χ1n) is 10.6.